The van der Waals surface area contributed by atoms with Crippen molar-refractivity contribution in [1.29, 1.82) is 0 Å². The topological polar surface area (TPSA) is 38.2 Å². The van der Waals surface area contributed by atoms with Crippen LogP contribution in [0.2, 0.25) is 0 Å². The van der Waals surface area contributed by atoms with E-state index in [0.717, 1.165) is 49.6 Å². The number of ether oxygens (including phenoxy) is 1. The van der Waals surface area contributed by atoms with Crippen LogP contribution in [0.4, 0.5) is 0 Å². The van der Waals surface area contributed by atoms with Gasteiger partial charge in [-0.05, 0) is 60.2 Å². The van der Waals surface area contributed by atoms with E-state index in [-0.39, 0.29) is 0 Å². The summed E-state index contributed by atoms with van der Waals surface area (Å²) >= 11 is 0. The molecule has 4 heteroatoms. The van der Waals surface area contributed by atoms with Gasteiger partial charge in [0.25, 0.3) is 0 Å². The van der Waals surface area contributed by atoms with E-state index in [4.69, 9.17) is 9.72 Å². The fraction of sp³-hybridized carbons (Fsp3) is 0.364. The van der Waals surface area contributed by atoms with Gasteiger partial charge in [-0.25, -0.2) is 4.98 Å². The molecule has 0 spiro atoms. The molecule has 0 radical (unpaired) electrons. The summed E-state index contributed by atoms with van der Waals surface area (Å²) in [6.45, 7) is 4.73. The summed E-state index contributed by atoms with van der Waals surface area (Å²) in [5, 5.41) is 1.33. The molecule has 26 heavy (non-hydrogen) atoms. The molecule has 0 bridgehead atoms. The van der Waals surface area contributed by atoms with Crippen molar-refractivity contribution in [3.05, 3.63) is 59.9 Å². The van der Waals surface area contributed by atoms with Gasteiger partial charge < -0.3 is 4.74 Å². The quantitative estimate of drug-likeness (QED) is 0.716. The van der Waals surface area contributed by atoms with Gasteiger partial charge in [0.2, 0.25) is 0 Å². The minimum Gasteiger partial charge on any atom is -0.379 e. The van der Waals surface area contributed by atoms with Gasteiger partial charge in [0.1, 0.15) is 0 Å². The van der Waals surface area contributed by atoms with Crippen molar-refractivity contribution in [3.8, 4) is 11.3 Å². The van der Waals surface area contributed by atoms with Crippen LogP contribution in [0, 0.1) is 0 Å². The molecule has 1 saturated heterocycles. The third kappa shape index (κ3) is 3.22. The van der Waals surface area contributed by atoms with E-state index in [0.29, 0.717) is 5.92 Å². The summed E-state index contributed by atoms with van der Waals surface area (Å²) < 4.78 is 5.47. The first kappa shape index (κ1) is 15.9. The standard InChI is InChI=1S/C22H23N3O/c1-4-21-20(13-16(1)15-25-9-11-26-12-10-25)19(17-2-3-17)14-22(24-21)18-5-7-23-8-6-18/h1,4-8,13-14,17H,2-3,9-12,15H2. The SMILES string of the molecule is c1cc(-c2cc(C3CC3)c3cc(CN4CCOCC4)ccc3n2)ccn1. The highest BCUT2D eigenvalue weighted by Gasteiger charge is 2.26. The molecule has 3 aromatic rings. The Morgan fingerprint density at radius 2 is 1.81 bits per heavy atom. The third-order valence-electron chi connectivity index (χ3n) is 5.41. The summed E-state index contributed by atoms with van der Waals surface area (Å²) in [4.78, 5) is 11.5. The van der Waals surface area contributed by atoms with Gasteiger partial charge >= 0.3 is 0 Å². The van der Waals surface area contributed by atoms with Crippen molar-refractivity contribution in [2.75, 3.05) is 26.3 Å². The molecule has 132 valence electrons. The molecular weight excluding hydrogens is 322 g/mol. The molecule has 1 aliphatic carbocycles. The Morgan fingerprint density at radius 1 is 1.00 bits per heavy atom. The van der Waals surface area contributed by atoms with Crippen LogP contribution in [-0.4, -0.2) is 41.2 Å². The molecule has 2 aromatic heterocycles. The van der Waals surface area contributed by atoms with E-state index in [1.807, 2.05) is 24.5 Å². The van der Waals surface area contributed by atoms with Gasteiger partial charge in [0.15, 0.2) is 0 Å². The Balaban J connectivity index is 1.54. The van der Waals surface area contributed by atoms with Crippen LogP contribution >= 0.6 is 0 Å². The molecule has 0 amide bonds. The maximum atomic E-state index is 5.47. The van der Waals surface area contributed by atoms with Crippen LogP contribution in [-0.2, 0) is 11.3 Å². The Bertz CT molecular complexity index is 915. The van der Waals surface area contributed by atoms with E-state index >= 15 is 0 Å². The van der Waals surface area contributed by atoms with Gasteiger partial charge in [-0.3, -0.25) is 9.88 Å². The van der Waals surface area contributed by atoms with Crippen LogP contribution < -0.4 is 0 Å². The summed E-state index contributed by atoms with van der Waals surface area (Å²) in [5.41, 5.74) is 6.14. The monoisotopic (exact) mass is 345 g/mol. The molecule has 0 N–H and O–H groups in total. The maximum absolute atomic E-state index is 5.47. The predicted molar refractivity (Wildman–Crippen MR) is 103 cm³/mol. The lowest BCUT2D eigenvalue weighted by molar-refractivity contribution is 0.0342. The first-order valence-electron chi connectivity index (χ1n) is 9.51. The van der Waals surface area contributed by atoms with Gasteiger partial charge in [0, 0.05) is 43.0 Å². The zero-order chi connectivity index (χ0) is 17.3. The first-order chi connectivity index (χ1) is 12.9. The van der Waals surface area contributed by atoms with Crippen molar-refractivity contribution in [3.63, 3.8) is 0 Å². The lowest BCUT2D eigenvalue weighted by Crippen LogP contribution is -2.35. The number of fused-ring (bicyclic) bond motifs is 1. The molecule has 3 heterocycles. The summed E-state index contributed by atoms with van der Waals surface area (Å²) in [7, 11) is 0. The molecular formula is C22H23N3O. The lowest BCUT2D eigenvalue weighted by atomic mass is 9.99. The molecule has 0 unspecified atom stereocenters. The average Bonchev–Trinajstić information content (AvgIpc) is 3.54. The van der Waals surface area contributed by atoms with Gasteiger partial charge in [-0.15, -0.1) is 0 Å². The number of morpholine rings is 1. The Morgan fingerprint density at radius 3 is 2.58 bits per heavy atom. The largest absolute Gasteiger partial charge is 0.379 e. The number of rotatable bonds is 4. The van der Waals surface area contributed by atoms with Gasteiger partial charge in [-0.1, -0.05) is 6.07 Å². The normalized spacial score (nSPS) is 18.3. The number of hydrogen-bond donors (Lipinski definition) is 0. The fourth-order valence-electron chi connectivity index (χ4n) is 3.82. The van der Waals surface area contributed by atoms with Crippen molar-refractivity contribution in [2.24, 2.45) is 0 Å². The van der Waals surface area contributed by atoms with E-state index in [1.54, 1.807) is 0 Å². The summed E-state index contributed by atoms with van der Waals surface area (Å²) in [6.07, 6.45) is 6.26. The lowest BCUT2D eigenvalue weighted by Gasteiger charge is -2.26. The Labute approximate surface area is 153 Å². The highest BCUT2D eigenvalue weighted by molar-refractivity contribution is 5.86. The van der Waals surface area contributed by atoms with E-state index < -0.39 is 0 Å². The van der Waals surface area contributed by atoms with E-state index in [1.165, 1.54) is 29.4 Å². The molecule has 1 aliphatic heterocycles. The van der Waals surface area contributed by atoms with Crippen LogP contribution in [0.15, 0.2) is 48.8 Å². The second-order valence-electron chi connectivity index (χ2n) is 7.35. The molecule has 2 aliphatic rings. The molecule has 4 nitrogen and oxygen atoms in total. The second kappa shape index (κ2) is 6.78. The average molecular weight is 345 g/mol. The zero-order valence-corrected chi connectivity index (χ0v) is 14.9. The molecule has 2 fully saturated rings. The number of benzene rings is 1. The minimum atomic E-state index is 0.694. The van der Waals surface area contributed by atoms with Crippen LogP contribution in [0.1, 0.15) is 29.9 Å². The van der Waals surface area contributed by atoms with E-state index in [2.05, 4.69) is 34.1 Å². The van der Waals surface area contributed by atoms with Crippen molar-refractivity contribution >= 4 is 10.9 Å². The van der Waals surface area contributed by atoms with Crippen molar-refractivity contribution in [1.82, 2.24) is 14.9 Å². The molecule has 1 aromatic carbocycles. The first-order valence-corrected chi connectivity index (χ1v) is 9.51. The zero-order valence-electron chi connectivity index (χ0n) is 14.9. The number of nitrogens with zero attached hydrogens (tertiary/aromatic N) is 3. The predicted octanol–water partition coefficient (Wildman–Crippen LogP) is 4.01. The van der Waals surface area contributed by atoms with Gasteiger partial charge in [0.05, 0.1) is 24.4 Å². The highest BCUT2D eigenvalue weighted by atomic mass is 16.5. The molecule has 1 saturated carbocycles. The van der Waals surface area contributed by atoms with Crippen LogP contribution in [0.5, 0.6) is 0 Å². The van der Waals surface area contributed by atoms with Gasteiger partial charge in [-0.2, -0.15) is 0 Å². The number of hydrogen-bond acceptors (Lipinski definition) is 4. The number of aromatic nitrogens is 2. The smallest absolute Gasteiger partial charge is 0.0713 e. The molecule has 0 atom stereocenters. The Hall–Kier alpha value is -2.30. The maximum Gasteiger partial charge on any atom is 0.0713 e. The van der Waals surface area contributed by atoms with Crippen LogP contribution in [0.3, 0.4) is 0 Å². The van der Waals surface area contributed by atoms with Crippen molar-refractivity contribution in [2.45, 2.75) is 25.3 Å². The van der Waals surface area contributed by atoms with Crippen LogP contribution in [0.25, 0.3) is 22.2 Å². The van der Waals surface area contributed by atoms with E-state index in [9.17, 15) is 0 Å². The second-order valence-corrected chi connectivity index (χ2v) is 7.35. The summed E-state index contributed by atoms with van der Waals surface area (Å²) in [6, 6.07) is 13.2. The third-order valence-corrected chi connectivity index (χ3v) is 5.41. The minimum absolute atomic E-state index is 0.694. The number of pyridine rings is 2. The highest BCUT2D eigenvalue weighted by Crippen LogP contribution is 2.44. The molecule has 5 rings (SSSR count). The fourth-order valence-corrected chi connectivity index (χ4v) is 3.82. The summed E-state index contributed by atoms with van der Waals surface area (Å²) in [5.74, 6) is 0.694. The Kier molecular flexibility index (Phi) is 4.15. The van der Waals surface area contributed by atoms with Crippen molar-refractivity contribution < 1.29 is 4.74 Å².